The second kappa shape index (κ2) is 9.17. The molecule has 0 bridgehead atoms. The first-order valence-electron chi connectivity index (χ1n) is 9.73. The fraction of sp³-hybridized carbons (Fsp3) is 0.200. The van der Waals surface area contributed by atoms with Crippen molar-refractivity contribution in [1.29, 1.82) is 0 Å². The van der Waals surface area contributed by atoms with Crippen LogP contribution < -0.4 is 9.47 Å². The van der Waals surface area contributed by atoms with E-state index in [1.807, 2.05) is 42.5 Å². The molecule has 148 valence electrons. The highest BCUT2D eigenvalue weighted by atomic mass is 35.5. The van der Waals surface area contributed by atoms with Crippen molar-refractivity contribution >= 4 is 17.2 Å². The smallest absolute Gasteiger partial charge is 0.131 e. The predicted molar refractivity (Wildman–Crippen MR) is 118 cm³/mol. The summed E-state index contributed by atoms with van der Waals surface area (Å²) in [5, 5.41) is 0.717. The van der Waals surface area contributed by atoms with Crippen LogP contribution in [0.2, 0.25) is 5.02 Å². The molecule has 0 atom stereocenters. The normalized spacial score (nSPS) is 12.9. The number of benzene rings is 3. The highest BCUT2D eigenvalue weighted by molar-refractivity contribution is 6.30. The molecule has 0 N–H and O–H groups in total. The molecule has 0 saturated carbocycles. The maximum atomic E-state index is 6.04. The first-order chi connectivity index (χ1) is 14.2. The van der Waals surface area contributed by atoms with Crippen LogP contribution in [0, 0.1) is 0 Å². The largest absolute Gasteiger partial charge is 0.489 e. The maximum Gasteiger partial charge on any atom is 0.131 e. The van der Waals surface area contributed by atoms with Gasteiger partial charge in [-0.15, -0.1) is 0 Å². The lowest BCUT2D eigenvalue weighted by atomic mass is 10.0. The molecule has 3 aromatic carbocycles. The standard InChI is InChI=1S/C25H24ClNO2/c1-27(16-19-6-3-2-4-7-19)17-21-12-13-28-25-15-23(10-11-24(21)25)29-18-20-8-5-9-22(26)14-20/h2-12,14-15H,13,16-18H2,1H3. The monoisotopic (exact) mass is 405 g/mol. The van der Waals surface area contributed by atoms with Crippen LogP contribution in [-0.2, 0) is 13.2 Å². The van der Waals surface area contributed by atoms with Gasteiger partial charge in [-0.2, -0.15) is 0 Å². The van der Waals surface area contributed by atoms with Gasteiger partial charge in [-0.05, 0) is 54.1 Å². The Morgan fingerprint density at radius 2 is 1.76 bits per heavy atom. The van der Waals surface area contributed by atoms with Crippen LogP contribution in [0.4, 0.5) is 0 Å². The van der Waals surface area contributed by atoms with E-state index in [1.54, 1.807) is 0 Å². The number of hydrogen-bond acceptors (Lipinski definition) is 3. The molecular formula is C25H24ClNO2. The Kier molecular flexibility index (Phi) is 6.18. The summed E-state index contributed by atoms with van der Waals surface area (Å²) >= 11 is 6.04. The van der Waals surface area contributed by atoms with Crippen LogP contribution in [0.25, 0.3) is 5.57 Å². The van der Waals surface area contributed by atoms with E-state index in [0.29, 0.717) is 18.2 Å². The summed E-state index contributed by atoms with van der Waals surface area (Å²) in [4.78, 5) is 2.32. The van der Waals surface area contributed by atoms with Gasteiger partial charge in [-0.25, -0.2) is 0 Å². The lowest BCUT2D eigenvalue weighted by molar-refractivity contribution is 0.300. The Morgan fingerprint density at radius 1 is 0.931 bits per heavy atom. The van der Waals surface area contributed by atoms with E-state index < -0.39 is 0 Å². The molecule has 29 heavy (non-hydrogen) atoms. The number of ether oxygens (including phenoxy) is 2. The number of halogens is 1. The van der Waals surface area contributed by atoms with Crippen molar-refractivity contribution in [1.82, 2.24) is 4.90 Å². The average molecular weight is 406 g/mol. The van der Waals surface area contributed by atoms with E-state index in [4.69, 9.17) is 21.1 Å². The molecule has 1 heterocycles. The summed E-state index contributed by atoms with van der Waals surface area (Å²) < 4.78 is 11.8. The lowest BCUT2D eigenvalue weighted by Gasteiger charge is -2.24. The number of rotatable bonds is 7. The summed E-state index contributed by atoms with van der Waals surface area (Å²) in [7, 11) is 2.14. The third-order valence-electron chi connectivity index (χ3n) is 4.90. The summed E-state index contributed by atoms with van der Waals surface area (Å²) in [6.45, 7) is 2.84. The van der Waals surface area contributed by atoms with Crippen LogP contribution >= 0.6 is 11.6 Å². The molecule has 3 nitrogen and oxygen atoms in total. The Morgan fingerprint density at radius 3 is 2.59 bits per heavy atom. The van der Waals surface area contributed by atoms with Gasteiger partial charge in [0, 0.05) is 29.7 Å². The van der Waals surface area contributed by atoms with Crippen LogP contribution in [0.15, 0.2) is 78.9 Å². The molecule has 0 unspecified atom stereocenters. The van der Waals surface area contributed by atoms with Crippen molar-refractivity contribution in [3.05, 3.63) is 101 Å². The number of fused-ring (bicyclic) bond motifs is 1. The summed E-state index contributed by atoms with van der Waals surface area (Å²) in [6, 6.07) is 24.3. The number of hydrogen-bond donors (Lipinski definition) is 0. The van der Waals surface area contributed by atoms with E-state index >= 15 is 0 Å². The zero-order valence-electron chi connectivity index (χ0n) is 16.5. The van der Waals surface area contributed by atoms with E-state index in [2.05, 4.69) is 48.4 Å². The molecule has 0 fully saturated rings. The minimum atomic E-state index is 0.474. The van der Waals surface area contributed by atoms with Gasteiger partial charge in [0.1, 0.15) is 24.7 Å². The first-order valence-corrected chi connectivity index (χ1v) is 10.1. The van der Waals surface area contributed by atoms with Gasteiger partial charge in [0.05, 0.1) is 0 Å². The molecule has 4 rings (SSSR count). The molecule has 0 spiro atoms. The summed E-state index contributed by atoms with van der Waals surface area (Å²) in [5.74, 6) is 1.67. The Balaban J connectivity index is 1.41. The topological polar surface area (TPSA) is 21.7 Å². The van der Waals surface area contributed by atoms with Crippen molar-refractivity contribution < 1.29 is 9.47 Å². The quantitative estimate of drug-likeness (QED) is 0.493. The molecule has 1 aliphatic heterocycles. The summed E-state index contributed by atoms with van der Waals surface area (Å²) in [5.41, 5.74) is 4.77. The van der Waals surface area contributed by atoms with Gasteiger partial charge < -0.3 is 9.47 Å². The van der Waals surface area contributed by atoms with Crippen LogP contribution in [0.5, 0.6) is 11.5 Å². The van der Waals surface area contributed by atoms with Crippen molar-refractivity contribution in [3.8, 4) is 11.5 Å². The molecule has 0 radical (unpaired) electrons. The Bertz CT molecular complexity index is 1000. The second-order valence-electron chi connectivity index (χ2n) is 7.27. The molecule has 4 heteroatoms. The molecule has 0 saturated heterocycles. The lowest BCUT2D eigenvalue weighted by Crippen LogP contribution is -2.22. The predicted octanol–water partition coefficient (Wildman–Crippen LogP) is 5.83. The highest BCUT2D eigenvalue weighted by Gasteiger charge is 2.16. The van der Waals surface area contributed by atoms with Crippen LogP contribution in [0.3, 0.4) is 0 Å². The number of likely N-dealkylation sites (N-methyl/N-ethyl adjacent to an activating group) is 1. The van der Waals surface area contributed by atoms with Crippen LogP contribution in [-0.4, -0.2) is 25.1 Å². The van der Waals surface area contributed by atoms with E-state index in [1.165, 1.54) is 11.1 Å². The minimum Gasteiger partial charge on any atom is -0.489 e. The third-order valence-corrected chi connectivity index (χ3v) is 5.13. The van der Waals surface area contributed by atoms with Crippen LogP contribution in [0.1, 0.15) is 16.7 Å². The van der Waals surface area contributed by atoms with E-state index in [0.717, 1.165) is 35.7 Å². The highest BCUT2D eigenvalue weighted by Crippen LogP contribution is 2.34. The van der Waals surface area contributed by atoms with E-state index in [9.17, 15) is 0 Å². The van der Waals surface area contributed by atoms with Crippen molar-refractivity contribution in [2.24, 2.45) is 0 Å². The Hall–Kier alpha value is -2.75. The second-order valence-corrected chi connectivity index (χ2v) is 7.71. The first kappa shape index (κ1) is 19.6. The fourth-order valence-corrected chi connectivity index (χ4v) is 3.72. The van der Waals surface area contributed by atoms with Gasteiger partial charge >= 0.3 is 0 Å². The maximum absolute atomic E-state index is 6.04. The average Bonchev–Trinajstić information content (AvgIpc) is 2.73. The van der Waals surface area contributed by atoms with Crippen molar-refractivity contribution in [2.75, 3.05) is 20.2 Å². The van der Waals surface area contributed by atoms with Crippen molar-refractivity contribution in [3.63, 3.8) is 0 Å². The molecular weight excluding hydrogens is 382 g/mol. The van der Waals surface area contributed by atoms with Crippen molar-refractivity contribution in [2.45, 2.75) is 13.2 Å². The van der Waals surface area contributed by atoms with Gasteiger partial charge in [0.2, 0.25) is 0 Å². The number of nitrogens with zero attached hydrogens (tertiary/aromatic N) is 1. The summed E-state index contributed by atoms with van der Waals surface area (Å²) in [6.07, 6.45) is 2.16. The third kappa shape index (κ3) is 5.20. The molecule has 0 amide bonds. The SMILES string of the molecule is CN(CC1=CCOc2cc(OCc3cccc(Cl)c3)ccc21)Cc1ccccc1. The molecule has 3 aromatic rings. The van der Waals surface area contributed by atoms with Gasteiger partial charge in [0.15, 0.2) is 0 Å². The zero-order chi connectivity index (χ0) is 20.1. The molecule has 0 aromatic heterocycles. The van der Waals surface area contributed by atoms with E-state index in [-0.39, 0.29) is 0 Å². The van der Waals surface area contributed by atoms with Gasteiger partial charge in [-0.3, -0.25) is 4.90 Å². The Labute approximate surface area is 177 Å². The molecule has 0 aliphatic carbocycles. The zero-order valence-corrected chi connectivity index (χ0v) is 17.2. The molecule has 1 aliphatic rings. The minimum absolute atomic E-state index is 0.474. The fourth-order valence-electron chi connectivity index (χ4n) is 3.50. The van der Waals surface area contributed by atoms with Gasteiger partial charge in [0.25, 0.3) is 0 Å². The van der Waals surface area contributed by atoms with Gasteiger partial charge in [-0.1, -0.05) is 54.1 Å².